The first-order chi connectivity index (χ1) is 15.4. The summed E-state index contributed by atoms with van der Waals surface area (Å²) in [6, 6.07) is 25.8. The van der Waals surface area contributed by atoms with Gasteiger partial charge in [0.1, 0.15) is 0 Å². The maximum absolute atomic E-state index is 13.1. The molecule has 4 rings (SSSR count). The Bertz CT molecular complexity index is 1370. The number of sulfonamides is 1. The summed E-state index contributed by atoms with van der Waals surface area (Å²) < 4.78 is 30.4. The minimum absolute atomic E-state index is 0.118. The van der Waals surface area contributed by atoms with Crippen LogP contribution in [0.4, 0.5) is 0 Å². The molecule has 0 spiro atoms. The van der Waals surface area contributed by atoms with E-state index in [0.29, 0.717) is 0 Å². The van der Waals surface area contributed by atoms with E-state index < -0.39 is 27.3 Å². The molecule has 0 atom stereocenters. The molecule has 0 fully saturated rings. The molecule has 2 N–H and O–H groups in total. The van der Waals surface area contributed by atoms with Crippen molar-refractivity contribution < 1.29 is 8.42 Å². The molecule has 0 aliphatic carbocycles. The average Bonchev–Trinajstić information content (AvgIpc) is 2.81. The molecule has 1 heterocycles. The normalized spacial score (nSPS) is 11.5. The van der Waals surface area contributed by atoms with E-state index in [1.54, 1.807) is 12.1 Å². The van der Waals surface area contributed by atoms with Crippen LogP contribution in [0.1, 0.15) is 22.7 Å². The molecule has 0 amide bonds. The largest absolute Gasteiger partial charge is 0.328 e. The predicted octanol–water partition coefficient (Wildman–Crippen LogP) is 2.65. The summed E-state index contributed by atoms with van der Waals surface area (Å²) in [5.41, 5.74) is 1.39. The zero-order chi connectivity index (χ0) is 22.6. The highest BCUT2D eigenvalue weighted by Crippen LogP contribution is 2.24. The van der Waals surface area contributed by atoms with Crippen LogP contribution in [0.5, 0.6) is 0 Å². The SMILES string of the molecule is O=c1ccn(Cc2ccc(S(=O)(=O)NC(c3ccccc3)c3ccccc3)cc2)c(=O)[nH]1. The quantitative estimate of drug-likeness (QED) is 0.455. The Hall–Kier alpha value is -3.75. The molecule has 0 aliphatic rings. The fraction of sp³-hybridized carbons (Fsp3) is 0.0833. The Kier molecular flexibility index (Phi) is 6.16. The molecule has 0 unspecified atom stereocenters. The van der Waals surface area contributed by atoms with Crippen molar-refractivity contribution in [3.8, 4) is 0 Å². The van der Waals surface area contributed by atoms with Crippen LogP contribution in [-0.4, -0.2) is 18.0 Å². The summed E-state index contributed by atoms with van der Waals surface area (Å²) in [6.45, 7) is 0.208. The smallest absolute Gasteiger partial charge is 0.296 e. The Labute approximate surface area is 185 Å². The molecule has 8 heteroatoms. The molecular weight excluding hydrogens is 426 g/mol. The van der Waals surface area contributed by atoms with E-state index in [1.165, 1.54) is 29.0 Å². The van der Waals surface area contributed by atoms with Crippen LogP contribution in [0.15, 0.2) is 112 Å². The van der Waals surface area contributed by atoms with Gasteiger partial charge in [-0.3, -0.25) is 14.3 Å². The lowest BCUT2D eigenvalue weighted by Crippen LogP contribution is -2.29. The second-order valence-corrected chi connectivity index (χ2v) is 8.97. The van der Waals surface area contributed by atoms with Crippen LogP contribution < -0.4 is 16.0 Å². The van der Waals surface area contributed by atoms with Crippen LogP contribution in [0, 0.1) is 0 Å². The Morgan fingerprint density at radius 2 is 1.34 bits per heavy atom. The minimum Gasteiger partial charge on any atom is -0.296 e. The number of H-pyrrole nitrogens is 1. The van der Waals surface area contributed by atoms with E-state index in [4.69, 9.17) is 0 Å². The first-order valence-electron chi connectivity index (χ1n) is 9.93. The lowest BCUT2D eigenvalue weighted by Gasteiger charge is -2.20. The molecule has 0 saturated heterocycles. The predicted molar refractivity (Wildman–Crippen MR) is 122 cm³/mol. The first kappa shape index (κ1) is 21.5. The van der Waals surface area contributed by atoms with Gasteiger partial charge < -0.3 is 0 Å². The zero-order valence-corrected chi connectivity index (χ0v) is 17.8. The number of benzene rings is 3. The highest BCUT2D eigenvalue weighted by atomic mass is 32.2. The fourth-order valence-electron chi connectivity index (χ4n) is 3.38. The summed E-state index contributed by atoms with van der Waals surface area (Å²) in [4.78, 5) is 25.4. The first-order valence-corrected chi connectivity index (χ1v) is 11.4. The topological polar surface area (TPSA) is 101 Å². The van der Waals surface area contributed by atoms with Gasteiger partial charge in [0, 0.05) is 12.3 Å². The number of aromatic nitrogens is 2. The maximum Gasteiger partial charge on any atom is 0.328 e. The number of hydrogen-bond donors (Lipinski definition) is 2. The third-order valence-electron chi connectivity index (χ3n) is 5.02. The third kappa shape index (κ3) is 4.93. The van der Waals surface area contributed by atoms with Gasteiger partial charge in [0.15, 0.2) is 0 Å². The molecule has 162 valence electrons. The van der Waals surface area contributed by atoms with Crippen molar-refractivity contribution in [3.05, 3.63) is 135 Å². The Morgan fingerprint density at radius 1 is 0.781 bits per heavy atom. The summed E-state index contributed by atoms with van der Waals surface area (Å²) >= 11 is 0. The molecule has 4 aromatic rings. The standard InChI is InChI=1S/C24H21N3O4S/c28-22-15-16-27(24(29)25-22)17-18-11-13-21(14-12-18)32(30,31)26-23(19-7-3-1-4-8-19)20-9-5-2-6-10-20/h1-16,23,26H,17H2,(H,25,28,29). The molecule has 0 saturated carbocycles. The highest BCUT2D eigenvalue weighted by molar-refractivity contribution is 7.89. The van der Waals surface area contributed by atoms with Gasteiger partial charge in [0.2, 0.25) is 10.0 Å². The second-order valence-electron chi connectivity index (χ2n) is 7.26. The van der Waals surface area contributed by atoms with Gasteiger partial charge in [-0.1, -0.05) is 72.8 Å². The number of hydrogen-bond acceptors (Lipinski definition) is 4. The summed E-state index contributed by atoms with van der Waals surface area (Å²) in [5, 5.41) is 0. The van der Waals surface area contributed by atoms with E-state index in [9.17, 15) is 18.0 Å². The molecular formula is C24H21N3O4S. The van der Waals surface area contributed by atoms with E-state index >= 15 is 0 Å². The lowest BCUT2D eigenvalue weighted by atomic mass is 10.00. The van der Waals surface area contributed by atoms with Gasteiger partial charge in [0.25, 0.3) is 5.56 Å². The second kappa shape index (κ2) is 9.17. The minimum atomic E-state index is -3.83. The van der Waals surface area contributed by atoms with Gasteiger partial charge >= 0.3 is 5.69 Å². The number of aromatic amines is 1. The van der Waals surface area contributed by atoms with Gasteiger partial charge in [-0.05, 0) is 28.8 Å². The van der Waals surface area contributed by atoms with Gasteiger partial charge in [-0.25, -0.2) is 13.2 Å². The molecule has 32 heavy (non-hydrogen) atoms. The molecule has 0 aliphatic heterocycles. The summed E-state index contributed by atoms with van der Waals surface area (Å²) in [5.74, 6) is 0. The Balaban J connectivity index is 1.59. The van der Waals surface area contributed by atoms with Crippen molar-refractivity contribution in [1.29, 1.82) is 0 Å². The number of nitrogens with zero attached hydrogens (tertiary/aromatic N) is 1. The van der Waals surface area contributed by atoms with Crippen LogP contribution in [0.25, 0.3) is 0 Å². The maximum atomic E-state index is 13.1. The molecule has 7 nitrogen and oxygen atoms in total. The molecule has 0 bridgehead atoms. The molecule has 0 radical (unpaired) electrons. The van der Waals surface area contributed by atoms with Crippen molar-refractivity contribution in [1.82, 2.24) is 14.3 Å². The van der Waals surface area contributed by atoms with E-state index in [0.717, 1.165) is 16.7 Å². The average molecular weight is 448 g/mol. The highest BCUT2D eigenvalue weighted by Gasteiger charge is 2.22. The van der Waals surface area contributed by atoms with E-state index in [-0.39, 0.29) is 11.4 Å². The zero-order valence-electron chi connectivity index (χ0n) is 17.0. The summed E-state index contributed by atoms with van der Waals surface area (Å²) in [7, 11) is -3.83. The lowest BCUT2D eigenvalue weighted by molar-refractivity contribution is 0.572. The van der Waals surface area contributed by atoms with Gasteiger partial charge in [-0.2, -0.15) is 4.72 Å². The Morgan fingerprint density at radius 3 is 1.88 bits per heavy atom. The van der Waals surface area contributed by atoms with Crippen molar-refractivity contribution >= 4 is 10.0 Å². The third-order valence-corrected chi connectivity index (χ3v) is 6.46. The van der Waals surface area contributed by atoms with E-state index in [2.05, 4.69) is 9.71 Å². The van der Waals surface area contributed by atoms with Crippen molar-refractivity contribution in [2.45, 2.75) is 17.5 Å². The van der Waals surface area contributed by atoms with Crippen molar-refractivity contribution in [2.24, 2.45) is 0 Å². The number of nitrogens with one attached hydrogen (secondary N) is 2. The van der Waals surface area contributed by atoms with Crippen LogP contribution >= 0.6 is 0 Å². The van der Waals surface area contributed by atoms with Crippen molar-refractivity contribution in [2.75, 3.05) is 0 Å². The van der Waals surface area contributed by atoms with Gasteiger partial charge in [-0.15, -0.1) is 0 Å². The van der Waals surface area contributed by atoms with E-state index in [1.807, 2.05) is 60.7 Å². The monoisotopic (exact) mass is 447 g/mol. The molecule has 3 aromatic carbocycles. The van der Waals surface area contributed by atoms with Crippen LogP contribution in [0.3, 0.4) is 0 Å². The van der Waals surface area contributed by atoms with Crippen LogP contribution in [0.2, 0.25) is 0 Å². The van der Waals surface area contributed by atoms with Crippen LogP contribution in [-0.2, 0) is 16.6 Å². The fourth-order valence-corrected chi connectivity index (χ4v) is 4.60. The van der Waals surface area contributed by atoms with Gasteiger partial charge in [0.05, 0.1) is 17.5 Å². The van der Waals surface area contributed by atoms with Crippen molar-refractivity contribution in [3.63, 3.8) is 0 Å². The number of rotatable bonds is 7. The summed E-state index contributed by atoms with van der Waals surface area (Å²) in [6.07, 6.45) is 1.40. The molecule has 1 aromatic heterocycles.